The number of ether oxygens (including phenoxy) is 1. The Morgan fingerprint density at radius 1 is 0.650 bits per heavy atom. The van der Waals surface area contributed by atoms with Crippen molar-refractivity contribution in [3.05, 3.63) is 200 Å². The lowest BCUT2D eigenvalue weighted by molar-refractivity contribution is -0.486. The fraction of sp³-hybridized carbons (Fsp3) is 0.386. The Morgan fingerprint density at radius 3 is 1.61 bits per heavy atom. The van der Waals surface area contributed by atoms with E-state index in [4.69, 9.17) is 84.9 Å². The SMILES string of the molecule is CC(=NC#N)N(C)Cc1ccc(Cl)nc1.CCN(Cc1ccc(Cl)nc1)/C(=C/[N+](=O)[O-])NC.CN1CN(C)/C(=N\[N+](=O)[O-])N(Cc2cnc(Cl)s2)C1.CN1COCN(Cc2cnc(Cl)s2)/C1=N/[N+](=O)[O-].N#CN=C1SCCN1Cc1ccc(Cl)nc1.O=[N+]([O-])/N=C1\NCCN1Cc1ccc(Cl)nc1. The molecule has 0 aliphatic carbocycles. The summed E-state index contributed by atoms with van der Waals surface area (Å²) in [6.07, 6.45) is 14.6. The fourth-order valence-electron chi connectivity index (χ4n) is 9.02. The van der Waals surface area contributed by atoms with E-state index in [0.717, 1.165) is 62.2 Å². The predicted octanol–water partition coefficient (Wildman–Crippen LogP) is 8.69. The van der Waals surface area contributed by atoms with E-state index in [1.165, 1.54) is 22.7 Å². The first-order valence-corrected chi connectivity index (χ1v) is 34.8. The molecule has 4 aliphatic heterocycles. The normalized spacial score (nSPS) is 15.9. The van der Waals surface area contributed by atoms with Crippen molar-refractivity contribution in [2.75, 3.05) is 94.0 Å². The largest absolute Gasteiger partial charge is 0.370 e. The van der Waals surface area contributed by atoms with E-state index >= 15 is 0 Å². The van der Waals surface area contributed by atoms with E-state index in [-0.39, 0.29) is 25.4 Å². The molecule has 4 saturated heterocycles. The summed E-state index contributed by atoms with van der Waals surface area (Å²) >= 11 is 38.6. The van der Waals surface area contributed by atoms with Crippen molar-refractivity contribution in [2.24, 2.45) is 25.3 Å². The van der Waals surface area contributed by atoms with Crippen LogP contribution in [0.5, 0.6) is 0 Å². The molecule has 0 bridgehead atoms. The zero-order valence-electron chi connectivity index (χ0n) is 56.1. The number of nitro groups is 4. The van der Waals surface area contributed by atoms with Crippen LogP contribution >= 0.6 is 104 Å². The lowest BCUT2D eigenvalue weighted by atomic mass is 10.2. The summed E-state index contributed by atoms with van der Waals surface area (Å²) in [5.74, 6) is 2.99. The lowest BCUT2D eigenvalue weighted by Gasteiger charge is -2.39. The van der Waals surface area contributed by atoms with Gasteiger partial charge in [-0.3, -0.25) is 15.0 Å². The number of thioether (sulfide) groups is 1. The third kappa shape index (κ3) is 31.0. The van der Waals surface area contributed by atoms with E-state index in [9.17, 15) is 40.5 Å². The van der Waals surface area contributed by atoms with Crippen molar-refractivity contribution in [1.29, 1.82) is 10.5 Å². The number of rotatable bonds is 19. The summed E-state index contributed by atoms with van der Waals surface area (Å²) < 4.78 is 6.18. The second-order valence-electron chi connectivity index (χ2n) is 21.2. The minimum atomic E-state index is -0.718. The Labute approximate surface area is 633 Å². The highest BCUT2D eigenvalue weighted by molar-refractivity contribution is 8.14. The number of pyridine rings is 4. The number of nitrogens with zero attached hydrogens (tertiary/aromatic N) is 26. The molecule has 0 atom stereocenters. The van der Waals surface area contributed by atoms with E-state index in [1.54, 1.807) is 127 Å². The van der Waals surface area contributed by atoms with Crippen LogP contribution in [-0.2, 0) is 44.0 Å². The number of thiazole rings is 2. The van der Waals surface area contributed by atoms with Crippen molar-refractivity contribution < 1.29 is 24.8 Å². The third-order valence-corrected chi connectivity index (χ3v) is 17.6. The maximum atomic E-state index is 10.6. The van der Waals surface area contributed by atoms with Crippen LogP contribution in [0.1, 0.15) is 45.9 Å². The average molecular weight is 1600 g/mol. The summed E-state index contributed by atoms with van der Waals surface area (Å²) in [6.45, 7) is 11.6. The number of aliphatic imine (C=N–C) groups is 2. The van der Waals surface area contributed by atoms with Crippen molar-refractivity contribution in [3.8, 4) is 12.4 Å². The minimum absolute atomic E-state index is 0.243. The van der Waals surface area contributed by atoms with Crippen LogP contribution in [0.4, 0.5) is 0 Å². The summed E-state index contributed by atoms with van der Waals surface area (Å²) in [7, 11) is 8.90. The molecule has 550 valence electrons. The van der Waals surface area contributed by atoms with Gasteiger partial charge in [0, 0.05) is 133 Å². The molecule has 2 N–H and O–H groups in total. The van der Waals surface area contributed by atoms with Gasteiger partial charge in [0.2, 0.25) is 12.4 Å². The summed E-state index contributed by atoms with van der Waals surface area (Å²) in [5, 5.41) is 75.2. The van der Waals surface area contributed by atoms with Crippen LogP contribution in [0.3, 0.4) is 0 Å². The van der Waals surface area contributed by atoms with Gasteiger partial charge in [-0.2, -0.15) is 15.5 Å². The molecule has 0 unspecified atom stereocenters. The number of aromatic nitrogens is 6. The van der Waals surface area contributed by atoms with Gasteiger partial charge in [-0.1, -0.05) is 106 Å². The Kier molecular flexibility index (Phi) is 36.1. The molecule has 0 spiro atoms. The molecular formula is C57H68Cl6N28O9S3. The topological polar surface area (TPSA) is 422 Å². The fourth-order valence-corrected chi connectivity index (χ4v) is 12.4. The zero-order valence-corrected chi connectivity index (χ0v) is 63.0. The molecule has 10 rings (SSSR count). The first-order valence-electron chi connectivity index (χ1n) is 29.9. The number of guanidine groups is 3. The number of hydrogen-bond acceptors (Lipinski definition) is 25. The lowest BCUT2D eigenvalue weighted by Crippen LogP contribution is -2.55. The standard InChI is InChI=1S/C11H15ClN4O2.C10H9ClN4S.C10H11ClN4.C9H13ClN6O2S.C9H10ClN5O2.C8H10ClN5O3S/c1-3-15(11(13-2)8-16(17)18)7-9-4-5-10(12)14-6-9;11-9-2-1-8(5-13-9)6-15-3-4-16-10(15)14-7-12;1-8(14-7-12)15(2)6-9-3-4-10(11)13-5-9;1-13-5-14(2)9(12-16(17)18)15(6-13)4-7-3-11-8(10)19-7;10-8-2-1-7(5-12-8)6-14-4-3-11-9(14)13-15(16)17;1-12-4-17-5-13(8(12)11-14(15)16)3-6-2-10-7(9)18-6/h4-6,8,13H,3,7H2,1-2H3;1-2,5H,3-4,6H2;3-5H,6H2,1-2H3;3H,4-6H2,1-2H3;1-2,5H,3-4,6H2,(H,11,13);2H,3-5H2,1H3/b11-8+;;;12-9+;;11-8+. The highest BCUT2D eigenvalue weighted by Gasteiger charge is 2.29. The van der Waals surface area contributed by atoms with E-state index in [0.29, 0.717) is 113 Å². The van der Waals surface area contributed by atoms with Gasteiger partial charge in [0.05, 0.1) is 31.4 Å². The van der Waals surface area contributed by atoms with Crippen LogP contribution in [0, 0.1) is 63.4 Å². The van der Waals surface area contributed by atoms with E-state index in [2.05, 4.69) is 70.7 Å². The molecule has 37 nitrogen and oxygen atoms in total. The van der Waals surface area contributed by atoms with Gasteiger partial charge in [0.15, 0.2) is 35.0 Å². The van der Waals surface area contributed by atoms with E-state index in [1.807, 2.05) is 71.1 Å². The van der Waals surface area contributed by atoms with Crippen molar-refractivity contribution in [1.82, 2.24) is 84.6 Å². The molecule has 0 amide bonds. The molecule has 0 aromatic carbocycles. The van der Waals surface area contributed by atoms with Gasteiger partial charge >= 0.3 is 0 Å². The Balaban J connectivity index is 0.000000223. The summed E-state index contributed by atoms with van der Waals surface area (Å²) in [4.78, 5) is 90.9. The second kappa shape index (κ2) is 44.1. The molecule has 0 saturated carbocycles. The molecule has 46 heteroatoms. The summed E-state index contributed by atoms with van der Waals surface area (Å²) in [6, 6.07) is 14.4. The molecule has 6 aromatic rings. The monoisotopic (exact) mass is 1590 g/mol. The van der Waals surface area contributed by atoms with Gasteiger partial charge in [0.1, 0.15) is 55.2 Å². The molecule has 10 heterocycles. The maximum absolute atomic E-state index is 10.6. The number of amidine groups is 2. The molecular weight excluding hydrogens is 1530 g/mol. The average Bonchev–Trinajstić information content (AvgIpc) is 1.66. The number of hydrogen-bond donors (Lipinski definition) is 2. The number of halogens is 6. The first kappa shape index (κ1) is 84.2. The minimum Gasteiger partial charge on any atom is -0.370 e. The molecule has 6 aromatic heterocycles. The first-order chi connectivity index (χ1) is 49.1. The van der Waals surface area contributed by atoms with Crippen molar-refractivity contribution >= 4 is 133 Å². The number of hydrazone groups is 3. The molecule has 0 radical (unpaired) electrons. The smallest absolute Gasteiger partial charge is 0.277 e. The van der Waals surface area contributed by atoms with Crippen LogP contribution in [0.25, 0.3) is 0 Å². The third-order valence-electron chi connectivity index (χ3n) is 13.5. The molecule has 4 fully saturated rings. The summed E-state index contributed by atoms with van der Waals surface area (Å²) in [5.41, 5.74) is 3.95. The highest BCUT2D eigenvalue weighted by Crippen LogP contribution is 2.24. The predicted molar refractivity (Wildman–Crippen MR) is 394 cm³/mol. The van der Waals surface area contributed by atoms with Gasteiger partial charge in [-0.25, -0.2) is 60.2 Å². The van der Waals surface area contributed by atoms with Crippen molar-refractivity contribution in [3.63, 3.8) is 0 Å². The van der Waals surface area contributed by atoms with Crippen LogP contribution in [0.2, 0.25) is 29.5 Å². The Morgan fingerprint density at radius 2 is 1.16 bits per heavy atom. The highest BCUT2D eigenvalue weighted by atomic mass is 35.5. The van der Waals surface area contributed by atoms with Gasteiger partial charge in [-0.15, -0.1) is 27.7 Å². The second-order valence-corrected chi connectivity index (χ2v) is 27.2. The number of nitrogens with one attached hydrogen (secondary N) is 2. The Hall–Kier alpha value is -9.46. The molecule has 103 heavy (non-hydrogen) atoms. The van der Waals surface area contributed by atoms with Crippen molar-refractivity contribution in [2.45, 2.75) is 53.1 Å². The van der Waals surface area contributed by atoms with E-state index < -0.39 is 20.0 Å². The maximum Gasteiger partial charge on any atom is 0.277 e. The van der Waals surface area contributed by atoms with Gasteiger partial charge in [-0.05, 0) is 67.4 Å². The van der Waals surface area contributed by atoms with Crippen LogP contribution in [0.15, 0.2) is 123 Å². The van der Waals surface area contributed by atoms with Crippen LogP contribution < -0.4 is 10.6 Å². The quantitative estimate of drug-likeness (QED) is 0.0191. The van der Waals surface area contributed by atoms with Gasteiger partial charge in [0.25, 0.3) is 24.1 Å². The molecule has 4 aliphatic rings. The van der Waals surface area contributed by atoms with Crippen LogP contribution in [-0.4, -0.2) is 217 Å². The Bertz CT molecular complexity index is 4020. The number of nitriles is 2. The zero-order chi connectivity index (χ0) is 75.5. The van der Waals surface area contributed by atoms with Gasteiger partial charge < -0.3 is 54.6 Å².